The molecule has 23 heavy (non-hydrogen) atoms. The largest absolute Gasteiger partial charge is 0.461 e. The summed E-state index contributed by atoms with van der Waals surface area (Å²) in [6, 6.07) is 6.25. The van der Waals surface area contributed by atoms with Crippen LogP contribution in [-0.4, -0.2) is 33.7 Å². The van der Waals surface area contributed by atoms with Gasteiger partial charge < -0.3 is 14.0 Å². The number of benzene rings is 1. The van der Waals surface area contributed by atoms with Crippen LogP contribution >= 0.6 is 0 Å². The first-order valence-corrected chi connectivity index (χ1v) is 9.19. The lowest BCUT2D eigenvalue weighted by Crippen LogP contribution is -2.06. The molecule has 0 aliphatic rings. The number of rotatable bonds is 11. The van der Waals surface area contributed by atoms with Gasteiger partial charge in [0.15, 0.2) is 11.1 Å². The third kappa shape index (κ3) is 8.83. The molecule has 0 aromatic heterocycles. The number of carbonyl (C=O) groups is 1. The topological polar surface area (TPSA) is 72.8 Å². The molecule has 0 radical (unpaired) electrons. The van der Waals surface area contributed by atoms with Crippen molar-refractivity contribution in [3.8, 4) is 0 Å². The van der Waals surface area contributed by atoms with Crippen molar-refractivity contribution < 1.29 is 23.0 Å². The Balaban J connectivity index is 2.43. The minimum absolute atomic E-state index is 0.255. The molecule has 130 valence electrons. The predicted molar refractivity (Wildman–Crippen MR) is 90.7 cm³/mol. The highest BCUT2D eigenvalue weighted by Crippen LogP contribution is 2.16. The van der Waals surface area contributed by atoms with E-state index in [4.69, 9.17) is 14.0 Å². The van der Waals surface area contributed by atoms with Crippen molar-refractivity contribution in [2.75, 3.05) is 19.0 Å². The highest BCUT2D eigenvalue weighted by Gasteiger charge is 2.06. The quantitative estimate of drug-likeness (QED) is 0.380. The van der Waals surface area contributed by atoms with Crippen LogP contribution in [-0.2, 0) is 44.8 Å². The van der Waals surface area contributed by atoms with Crippen LogP contribution in [0.3, 0.4) is 0 Å². The molecule has 0 saturated carbocycles. The number of hydrogen-bond donors (Lipinski definition) is 1. The molecule has 0 aliphatic heterocycles. The van der Waals surface area contributed by atoms with E-state index in [0.717, 1.165) is 24.8 Å². The molecule has 0 aliphatic carbocycles. The van der Waals surface area contributed by atoms with Gasteiger partial charge in [0.05, 0.1) is 5.75 Å². The number of carbonyl (C=O) groups excluding carboxylic acids is 1. The first kappa shape index (κ1) is 19.8. The average molecular weight is 342 g/mol. The van der Waals surface area contributed by atoms with Crippen LogP contribution in [0, 0.1) is 0 Å². The zero-order valence-electron chi connectivity index (χ0n) is 13.9. The van der Waals surface area contributed by atoms with Gasteiger partial charge >= 0.3 is 5.97 Å². The van der Waals surface area contributed by atoms with E-state index in [1.54, 1.807) is 0 Å². The van der Waals surface area contributed by atoms with Crippen LogP contribution in [0.2, 0.25) is 0 Å². The lowest BCUT2D eigenvalue weighted by atomic mass is 9.99. The van der Waals surface area contributed by atoms with Gasteiger partial charge in [0.1, 0.15) is 6.61 Å². The maximum Gasteiger partial charge on any atom is 0.302 e. The Morgan fingerprint density at radius 1 is 1.22 bits per heavy atom. The van der Waals surface area contributed by atoms with Gasteiger partial charge in [-0.2, -0.15) is 0 Å². The summed E-state index contributed by atoms with van der Waals surface area (Å²) in [6.07, 6.45) is 3.28. The summed E-state index contributed by atoms with van der Waals surface area (Å²) in [7, 11) is 0. The van der Waals surface area contributed by atoms with Crippen molar-refractivity contribution in [1.82, 2.24) is 0 Å². The molecule has 0 spiro atoms. The first-order chi connectivity index (χ1) is 11.0. The Hall–Kier alpha value is -1.24. The molecule has 0 saturated heterocycles. The molecule has 6 heteroatoms. The Morgan fingerprint density at radius 3 is 2.61 bits per heavy atom. The van der Waals surface area contributed by atoms with E-state index >= 15 is 0 Å². The van der Waals surface area contributed by atoms with Gasteiger partial charge in [-0.1, -0.05) is 25.1 Å². The smallest absolute Gasteiger partial charge is 0.302 e. The summed E-state index contributed by atoms with van der Waals surface area (Å²) in [4.78, 5) is 11.0. The van der Waals surface area contributed by atoms with Gasteiger partial charge in [-0.05, 0) is 42.4 Å². The molecule has 1 rings (SSSR count). The standard InChI is InChI=1S/C17H26O5S/c1-3-15-7-8-17(13-22-14(2)18)16(12-15)6-4-9-21-10-5-11-23(19)20/h7-8,12H,3-6,9-11,13H2,1-2H3,(H,19,20). The summed E-state index contributed by atoms with van der Waals surface area (Å²) in [5.74, 6) is -0.0226. The second-order valence-corrected chi connectivity index (χ2v) is 6.38. The third-order valence-electron chi connectivity index (χ3n) is 3.45. The molecule has 0 fully saturated rings. The van der Waals surface area contributed by atoms with Gasteiger partial charge in [0, 0.05) is 20.1 Å². The van der Waals surface area contributed by atoms with Crippen LogP contribution in [0.5, 0.6) is 0 Å². The van der Waals surface area contributed by atoms with Crippen molar-refractivity contribution in [3.05, 3.63) is 34.9 Å². The van der Waals surface area contributed by atoms with Crippen LogP contribution < -0.4 is 0 Å². The Morgan fingerprint density at radius 2 is 1.96 bits per heavy atom. The van der Waals surface area contributed by atoms with Crippen LogP contribution in [0.25, 0.3) is 0 Å². The number of aryl methyl sites for hydroxylation is 2. The summed E-state index contributed by atoms with van der Waals surface area (Å²) in [5, 5.41) is 0. The van der Waals surface area contributed by atoms with Crippen LogP contribution in [0.4, 0.5) is 0 Å². The van der Waals surface area contributed by atoms with E-state index in [1.807, 2.05) is 6.07 Å². The van der Waals surface area contributed by atoms with E-state index in [-0.39, 0.29) is 11.7 Å². The van der Waals surface area contributed by atoms with Gasteiger partial charge in [0.25, 0.3) is 0 Å². The second kappa shape index (κ2) is 11.3. The molecule has 1 aromatic rings. The predicted octanol–water partition coefficient (Wildman–Crippen LogP) is 2.87. The Bertz CT molecular complexity index is 516. The van der Waals surface area contributed by atoms with E-state index in [1.165, 1.54) is 18.1 Å². The molecular weight excluding hydrogens is 316 g/mol. The molecule has 5 nitrogen and oxygen atoms in total. The fourth-order valence-corrected chi connectivity index (χ4v) is 2.57. The third-order valence-corrected chi connectivity index (χ3v) is 4.09. The molecule has 1 atom stereocenters. The molecule has 1 unspecified atom stereocenters. The van der Waals surface area contributed by atoms with Gasteiger partial charge in [0.2, 0.25) is 0 Å². The summed E-state index contributed by atoms with van der Waals surface area (Å²) in [6.45, 7) is 4.94. The lowest BCUT2D eigenvalue weighted by molar-refractivity contribution is -0.142. The van der Waals surface area contributed by atoms with Crippen molar-refractivity contribution in [1.29, 1.82) is 0 Å². The normalized spacial score (nSPS) is 12.1. The van der Waals surface area contributed by atoms with Gasteiger partial charge in [-0.25, -0.2) is 4.21 Å². The van der Waals surface area contributed by atoms with E-state index in [0.29, 0.717) is 26.2 Å². The molecular formula is C17H26O5S. The van der Waals surface area contributed by atoms with Crippen LogP contribution in [0.15, 0.2) is 18.2 Å². The minimum Gasteiger partial charge on any atom is -0.461 e. The molecule has 0 amide bonds. The Labute approximate surface area is 140 Å². The van der Waals surface area contributed by atoms with Gasteiger partial charge in [-0.15, -0.1) is 0 Å². The number of hydrogen-bond acceptors (Lipinski definition) is 4. The first-order valence-electron chi connectivity index (χ1n) is 7.92. The van der Waals surface area contributed by atoms with Gasteiger partial charge in [-0.3, -0.25) is 4.79 Å². The lowest BCUT2D eigenvalue weighted by Gasteiger charge is -2.12. The van der Waals surface area contributed by atoms with Crippen molar-refractivity contribution in [3.63, 3.8) is 0 Å². The van der Waals surface area contributed by atoms with E-state index in [9.17, 15) is 9.00 Å². The molecule has 0 heterocycles. The molecule has 0 bridgehead atoms. The zero-order valence-corrected chi connectivity index (χ0v) is 14.7. The van der Waals surface area contributed by atoms with Crippen molar-refractivity contribution in [2.24, 2.45) is 0 Å². The highest BCUT2D eigenvalue weighted by molar-refractivity contribution is 7.79. The van der Waals surface area contributed by atoms with E-state index in [2.05, 4.69) is 19.1 Å². The average Bonchev–Trinajstić information content (AvgIpc) is 2.52. The van der Waals surface area contributed by atoms with Crippen molar-refractivity contribution >= 4 is 17.0 Å². The minimum atomic E-state index is -1.74. The summed E-state index contributed by atoms with van der Waals surface area (Å²) in [5.41, 5.74) is 3.48. The summed E-state index contributed by atoms with van der Waals surface area (Å²) < 4.78 is 29.7. The Kier molecular flexibility index (Phi) is 9.75. The fourth-order valence-electron chi connectivity index (χ4n) is 2.20. The van der Waals surface area contributed by atoms with E-state index < -0.39 is 11.1 Å². The number of ether oxygens (including phenoxy) is 2. The highest BCUT2D eigenvalue weighted by atomic mass is 32.2. The number of esters is 1. The van der Waals surface area contributed by atoms with Crippen molar-refractivity contribution in [2.45, 2.75) is 46.1 Å². The second-order valence-electron chi connectivity index (χ2n) is 5.33. The monoisotopic (exact) mass is 342 g/mol. The zero-order chi connectivity index (χ0) is 17.1. The maximum atomic E-state index is 11.0. The van der Waals surface area contributed by atoms with Crippen LogP contribution in [0.1, 0.15) is 43.4 Å². The summed E-state index contributed by atoms with van der Waals surface area (Å²) >= 11 is -1.74. The SMILES string of the molecule is CCc1ccc(COC(C)=O)c(CCCOCCCS(=O)O)c1. The molecule has 1 aromatic carbocycles. The fraction of sp³-hybridized carbons (Fsp3) is 0.588. The molecule has 1 N–H and O–H groups in total. The maximum absolute atomic E-state index is 11.0.